The van der Waals surface area contributed by atoms with E-state index in [1.807, 2.05) is 63.2 Å². The van der Waals surface area contributed by atoms with Gasteiger partial charge in [-0.15, -0.1) is 0 Å². The van der Waals surface area contributed by atoms with E-state index in [0.717, 1.165) is 28.9 Å². The summed E-state index contributed by atoms with van der Waals surface area (Å²) in [5.74, 6) is 0.146. The lowest BCUT2D eigenvalue weighted by molar-refractivity contribution is -0.136. The number of carbonyl (C=O) groups is 2. The highest BCUT2D eigenvalue weighted by molar-refractivity contribution is 6.10. The number of hydrogen-bond donors (Lipinski definition) is 1. The maximum atomic E-state index is 13.1. The Balaban J connectivity index is 1.61. The molecule has 3 aromatic rings. The summed E-state index contributed by atoms with van der Waals surface area (Å²) >= 11 is 0. The van der Waals surface area contributed by atoms with Crippen molar-refractivity contribution in [1.82, 2.24) is 4.98 Å². The highest BCUT2D eigenvalue weighted by Crippen LogP contribution is 2.23. The molecule has 0 spiro atoms. The van der Waals surface area contributed by atoms with Gasteiger partial charge < -0.3 is 14.6 Å². The molecule has 0 bridgehead atoms. The lowest BCUT2D eigenvalue weighted by Crippen LogP contribution is -2.18. The number of pyridine rings is 1. The van der Waals surface area contributed by atoms with Gasteiger partial charge in [0.1, 0.15) is 11.9 Å². The molecule has 6 heteroatoms. The van der Waals surface area contributed by atoms with Gasteiger partial charge in [0.05, 0.1) is 12.2 Å². The van der Waals surface area contributed by atoms with E-state index in [-0.39, 0.29) is 18.3 Å². The molecule has 2 aromatic carbocycles. The van der Waals surface area contributed by atoms with E-state index in [2.05, 4.69) is 4.98 Å². The Morgan fingerprint density at radius 1 is 1.09 bits per heavy atom. The molecule has 1 atom stereocenters. The Labute approximate surface area is 200 Å². The summed E-state index contributed by atoms with van der Waals surface area (Å²) in [6.07, 6.45) is 3.53. The number of carbonyl (C=O) groups excluding carboxylic acids is 1. The van der Waals surface area contributed by atoms with Crippen LogP contribution in [-0.2, 0) is 17.6 Å². The molecule has 0 saturated heterocycles. The lowest BCUT2D eigenvalue weighted by atomic mass is 10.0. The van der Waals surface area contributed by atoms with Gasteiger partial charge in [0.15, 0.2) is 5.78 Å². The van der Waals surface area contributed by atoms with Crippen molar-refractivity contribution in [3.05, 3.63) is 88.6 Å². The van der Waals surface area contributed by atoms with Gasteiger partial charge in [-0.05, 0) is 61.6 Å². The van der Waals surface area contributed by atoms with E-state index < -0.39 is 5.97 Å². The molecule has 0 amide bonds. The largest absolute Gasteiger partial charge is 0.493 e. The zero-order chi connectivity index (χ0) is 24.5. The molecule has 0 fully saturated rings. The average molecular weight is 462 g/mol. The predicted octanol–water partition coefficient (Wildman–Crippen LogP) is 5.44. The second-order valence-electron chi connectivity index (χ2n) is 8.29. The molecule has 0 saturated carbocycles. The molecule has 178 valence electrons. The molecule has 1 aromatic heterocycles. The van der Waals surface area contributed by atoms with Gasteiger partial charge in [-0.3, -0.25) is 9.59 Å². The highest BCUT2D eigenvalue weighted by atomic mass is 16.5. The van der Waals surface area contributed by atoms with Crippen LogP contribution in [0.2, 0.25) is 0 Å². The monoisotopic (exact) mass is 461 g/mol. The van der Waals surface area contributed by atoms with Gasteiger partial charge in [0.25, 0.3) is 0 Å². The fourth-order valence-electron chi connectivity index (χ4n) is 3.56. The topological polar surface area (TPSA) is 85.7 Å². The third-order valence-electron chi connectivity index (χ3n) is 5.62. The summed E-state index contributed by atoms with van der Waals surface area (Å²) in [6, 6.07) is 16.7. The van der Waals surface area contributed by atoms with Gasteiger partial charge in [0, 0.05) is 24.6 Å². The third-order valence-corrected chi connectivity index (χ3v) is 5.62. The van der Waals surface area contributed by atoms with Crippen LogP contribution in [0.4, 0.5) is 0 Å². The van der Waals surface area contributed by atoms with E-state index in [9.17, 15) is 9.59 Å². The smallest absolute Gasteiger partial charge is 0.303 e. The van der Waals surface area contributed by atoms with Crippen LogP contribution in [0.5, 0.6) is 11.6 Å². The van der Waals surface area contributed by atoms with Crippen molar-refractivity contribution in [2.75, 3.05) is 6.61 Å². The number of hydrogen-bond acceptors (Lipinski definition) is 5. The number of rotatable bonds is 12. The first-order chi connectivity index (χ1) is 16.4. The quantitative estimate of drug-likeness (QED) is 0.362. The van der Waals surface area contributed by atoms with Gasteiger partial charge in [-0.25, -0.2) is 4.98 Å². The van der Waals surface area contributed by atoms with E-state index in [4.69, 9.17) is 14.6 Å². The minimum Gasteiger partial charge on any atom is -0.493 e. The van der Waals surface area contributed by atoms with E-state index in [1.54, 1.807) is 18.3 Å². The molecule has 1 heterocycles. The Morgan fingerprint density at radius 2 is 1.85 bits per heavy atom. The van der Waals surface area contributed by atoms with E-state index >= 15 is 0 Å². The van der Waals surface area contributed by atoms with Crippen molar-refractivity contribution in [3.63, 3.8) is 0 Å². The zero-order valence-electron chi connectivity index (χ0n) is 19.9. The summed E-state index contributed by atoms with van der Waals surface area (Å²) in [6.45, 7) is 6.33. The number of ketones is 1. The second kappa shape index (κ2) is 12.0. The minimum absolute atomic E-state index is 0.109. The van der Waals surface area contributed by atoms with Crippen LogP contribution in [-0.4, -0.2) is 34.6 Å². The Morgan fingerprint density at radius 3 is 2.53 bits per heavy atom. The van der Waals surface area contributed by atoms with Crippen molar-refractivity contribution in [1.29, 1.82) is 0 Å². The number of benzene rings is 2. The number of aromatic nitrogens is 1. The second-order valence-corrected chi connectivity index (χ2v) is 8.29. The van der Waals surface area contributed by atoms with Crippen LogP contribution in [0.1, 0.15) is 59.3 Å². The van der Waals surface area contributed by atoms with Crippen LogP contribution >= 0.6 is 0 Å². The first kappa shape index (κ1) is 25.0. The van der Waals surface area contributed by atoms with Crippen molar-refractivity contribution >= 4 is 11.8 Å². The van der Waals surface area contributed by atoms with Crippen LogP contribution in [0, 0.1) is 6.92 Å². The minimum atomic E-state index is -0.804. The van der Waals surface area contributed by atoms with Gasteiger partial charge in [-0.1, -0.05) is 43.3 Å². The zero-order valence-corrected chi connectivity index (χ0v) is 19.9. The average Bonchev–Trinajstić information content (AvgIpc) is 2.83. The number of carboxylic acids is 1. The first-order valence-corrected chi connectivity index (χ1v) is 11.6. The number of ether oxygens (including phenoxy) is 2. The summed E-state index contributed by atoms with van der Waals surface area (Å²) in [4.78, 5) is 28.3. The normalized spacial score (nSPS) is 11.6. The fraction of sp³-hybridized carbons (Fsp3) is 0.321. The third kappa shape index (κ3) is 6.91. The van der Waals surface area contributed by atoms with Gasteiger partial charge in [0.2, 0.25) is 5.88 Å². The van der Waals surface area contributed by atoms with Crippen molar-refractivity contribution in [2.45, 2.75) is 52.6 Å². The number of nitrogens with zero attached hydrogens (tertiary/aromatic N) is 1. The summed E-state index contributed by atoms with van der Waals surface area (Å²) in [5, 5.41) is 8.87. The lowest BCUT2D eigenvalue weighted by Gasteiger charge is -2.17. The molecule has 0 unspecified atom stereocenters. The molecule has 3 rings (SSSR count). The molecular weight excluding hydrogens is 430 g/mol. The Kier molecular flexibility index (Phi) is 8.79. The number of aryl methyl sites for hydroxylation is 3. The SMILES string of the molecule is CCc1cnc(O[C@H](C)CCOc2ccc(CCC(=O)O)c(C)c2)c(C(=O)c2ccccc2)c1. The maximum absolute atomic E-state index is 13.1. The fourth-order valence-corrected chi connectivity index (χ4v) is 3.56. The van der Waals surface area contributed by atoms with Gasteiger partial charge >= 0.3 is 5.97 Å². The maximum Gasteiger partial charge on any atom is 0.303 e. The van der Waals surface area contributed by atoms with Crippen molar-refractivity contribution in [2.24, 2.45) is 0 Å². The first-order valence-electron chi connectivity index (χ1n) is 11.6. The highest BCUT2D eigenvalue weighted by Gasteiger charge is 2.19. The van der Waals surface area contributed by atoms with Crippen LogP contribution in [0.3, 0.4) is 0 Å². The van der Waals surface area contributed by atoms with Crippen molar-refractivity contribution in [3.8, 4) is 11.6 Å². The molecule has 0 aliphatic carbocycles. The molecule has 0 radical (unpaired) electrons. The van der Waals surface area contributed by atoms with E-state index in [1.165, 1.54) is 0 Å². The van der Waals surface area contributed by atoms with Crippen molar-refractivity contribution < 1.29 is 24.2 Å². The van der Waals surface area contributed by atoms with Crippen LogP contribution < -0.4 is 9.47 Å². The number of carboxylic acid groups (broad SMARTS) is 1. The van der Waals surface area contributed by atoms with Crippen LogP contribution in [0.15, 0.2) is 60.8 Å². The molecule has 34 heavy (non-hydrogen) atoms. The summed E-state index contributed by atoms with van der Waals surface area (Å²) in [5.41, 5.74) is 4.05. The Hall–Kier alpha value is -3.67. The standard InChI is InChI=1S/C28H31NO5/c1-4-21-17-25(27(32)23-8-6-5-7-9-23)28(29-18-21)34-20(3)14-15-33-24-12-10-22(19(2)16-24)11-13-26(30)31/h5-10,12,16-18,20H,4,11,13-15H2,1-3H3,(H,30,31)/t20-/m1/s1. The molecule has 0 aliphatic rings. The molecule has 1 N–H and O–H groups in total. The summed E-state index contributed by atoms with van der Waals surface area (Å²) in [7, 11) is 0. The summed E-state index contributed by atoms with van der Waals surface area (Å²) < 4.78 is 11.9. The molecular formula is C28H31NO5. The van der Waals surface area contributed by atoms with E-state index in [0.29, 0.717) is 36.5 Å². The predicted molar refractivity (Wildman–Crippen MR) is 131 cm³/mol. The molecule has 0 aliphatic heterocycles. The van der Waals surface area contributed by atoms with Gasteiger partial charge in [-0.2, -0.15) is 0 Å². The van der Waals surface area contributed by atoms with Crippen LogP contribution in [0.25, 0.3) is 0 Å². The Bertz CT molecular complexity index is 1130. The molecule has 6 nitrogen and oxygen atoms in total. The number of aliphatic carboxylic acids is 1.